The molecule has 3 amide bonds. The molecule has 0 spiro atoms. The number of amides is 3. The summed E-state index contributed by atoms with van der Waals surface area (Å²) in [5.41, 5.74) is 2.90. The van der Waals surface area contributed by atoms with Gasteiger partial charge in [-0.2, -0.15) is 0 Å². The third-order valence-corrected chi connectivity index (χ3v) is 8.02. The lowest BCUT2D eigenvalue weighted by Gasteiger charge is -2.33. The van der Waals surface area contributed by atoms with Gasteiger partial charge < -0.3 is 20.0 Å². The van der Waals surface area contributed by atoms with E-state index in [9.17, 15) is 14.4 Å². The Balaban J connectivity index is 1.15. The molecule has 7 heteroatoms. The molecule has 5 rings (SSSR count). The highest BCUT2D eigenvalue weighted by Gasteiger charge is 2.39. The summed E-state index contributed by atoms with van der Waals surface area (Å²) in [6.45, 7) is 4.11. The number of nitrogens with one attached hydrogen (secondary N) is 1. The fourth-order valence-corrected chi connectivity index (χ4v) is 5.85. The fourth-order valence-electron chi connectivity index (χ4n) is 5.85. The summed E-state index contributed by atoms with van der Waals surface area (Å²) >= 11 is 0. The van der Waals surface area contributed by atoms with Crippen LogP contribution < -0.4 is 10.2 Å². The van der Waals surface area contributed by atoms with E-state index in [4.69, 9.17) is 0 Å². The normalized spacial score (nSPS) is 21.1. The number of benzene rings is 2. The Morgan fingerprint density at radius 3 is 2.53 bits per heavy atom. The van der Waals surface area contributed by atoms with Crippen molar-refractivity contribution in [3.05, 3.63) is 65.2 Å². The summed E-state index contributed by atoms with van der Waals surface area (Å²) in [4.78, 5) is 44.8. The minimum absolute atomic E-state index is 0.0741. The van der Waals surface area contributed by atoms with Crippen LogP contribution in [0.1, 0.15) is 58.4 Å². The molecule has 3 aliphatic rings. The molecule has 190 valence electrons. The summed E-state index contributed by atoms with van der Waals surface area (Å²) in [6, 6.07) is 15.4. The van der Waals surface area contributed by atoms with Crippen molar-refractivity contribution < 1.29 is 14.4 Å². The molecule has 0 aliphatic carbocycles. The van der Waals surface area contributed by atoms with Gasteiger partial charge in [-0.1, -0.05) is 30.3 Å². The summed E-state index contributed by atoms with van der Waals surface area (Å²) in [7, 11) is 1.70. The maximum Gasteiger partial charge on any atom is 0.256 e. The van der Waals surface area contributed by atoms with Gasteiger partial charge in [-0.05, 0) is 81.3 Å². The molecule has 2 aromatic carbocycles. The second kappa shape index (κ2) is 10.8. The Kier molecular flexibility index (Phi) is 7.37. The third kappa shape index (κ3) is 5.16. The molecule has 3 heterocycles. The van der Waals surface area contributed by atoms with Crippen LogP contribution in [-0.4, -0.2) is 73.3 Å². The van der Waals surface area contributed by atoms with E-state index in [-0.39, 0.29) is 17.7 Å². The fraction of sp³-hybridized carbons (Fsp3) is 0.483. The first kappa shape index (κ1) is 24.5. The van der Waals surface area contributed by atoms with Gasteiger partial charge in [0, 0.05) is 32.2 Å². The number of carbonyl (C=O) groups is 3. The quantitative estimate of drug-likeness (QED) is 0.677. The molecule has 2 aromatic rings. The van der Waals surface area contributed by atoms with E-state index >= 15 is 0 Å². The summed E-state index contributed by atoms with van der Waals surface area (Å²) < 4.78 is 0. The van der Waals surface area contributed by atoms with E-state index in [0.717, 1.165) is 44.8 Å². The van der Waals surface area contributed by atoms with Crippen molar-refractivity contribution >= 4 is 23.4 Å². The average Bonchev–Trinajstić information content (AvgIpc) is 3.00. The van der Waals surface area contributed by atoms with Crippen molar-refractivity contribution in [2.75, 3.05) is 44.7 Å². The first-order valence-corrected chi connectivity index (χ1v) is 13.3. The number of likely N-dealkylation sites (N-methyl/N-ethyl adjacent to an activating group) is 1. The van der Waals surface area contributed by atoms with E-state index in [0.29, 0.717) is 36.3 Å². The van der Waals surface area contributed by atoms with Gasteiger partial charge in [0.2, 0.25) is 5.91 Å². The number of piperidine rings is 2. The van der Waals surface area contributed by atoms with E-state index in [2.05, 4.69) is 40.5 Å². The van der Waals surface area contributed by atoms with Gasteiger partial charge in [-0.3, -0.25) is 14.4 Å². The summed E-state index contributed by atoms with van der Waals surface area (Å²) in [5, 5.41) is 3.03. The Labute approximate surface area is 213 Å². The topological polar surface area (TPSA) is 73.0 Å². The molecule has 3 aliphatic heterocycles. The monoisotopic (exact) mass is 488 g/mol. The molecule has 36 heavy (non-hydrogen) atoms. The van der Waals surface area contributed by atoms with Crippen LogP contribution in [0.3, 0.4) is 0 Å². The smallest absolute Gasteiger partial charge is 0.256 e. The predicted octanol–water partition coefficient (Wildman–Crippen LogP) is 3.34. The van der Waals surface area contributed by atoms with Crippen molar-refractivity contribution in [3.63, 3.8) is 0 Å². The summed E-state index contributed by atoms with van der Waals surface area (Å²) in [5.74, 6) is 0.359. The van der Waals surface area contributed by atoms with Crippen molar-refractivity contribution in [1.82, 2.24) is 15.1 Å². The number of likely N-dealkylation sites (tertiary alicyclic amines) is 1. The van der Waals surface area contributed by atoms with Gasteiger partial charge in [-0.15, -0.1) is 0 Å². The Morgan fingerprint density at radius 1 is 0.972 bits per heavy atom. The highest BCUT2D eigenvalue weighted by atomic mass is 16.2. The number of anilines is 1. The highest BCUT2D eigenvalue weighted by molar-refractivity contribution is 6.12. The number of fused-ring (bicyclic) bond motifs is 2. The van der Waals surface area contributed by atoms with Crippen LogP contribution in [0.5, 0.6) is 0 Å². The Hall–Kier alpha value is -3.19. The number of carbonyl (C=O) groups excluding carboxylic acids is 3. The van der Waals surface area contributed by atoms with Crippen LogP contribution in [0, 0.1) is 5.92 Å². The SMILES string of the molecule is CN1C(=O)[C@H]2CCCCN2C(=O)c2ccc(C(=O)NCCN3CCC(Cc4ccccc4)CC3)cc21. The molecule has 0 aromatic heterocycles. The molecule has 2 saturated heterocycles. The predicted molar refractivity (Wildman–Crippen MR) is 140 cm³/mol. The van der Waals surface area contributed by atoms with Crippen LogP contribution in [0.15, 0.2) is 48.5 Å². The van der Waals surface area contributed by atoms with E-state index in [1.165, 1.54) is 18.4 Å². The molecular weight excluding hydrogens is 452 g/mol. The van der Waals surface area contributed by atoms with Crippen molar-refractivity contribution in [2.24, 2.45) is 5.92 Å². The number of hydrogen-bond acceptors (Lipinski definition) is 4. The molecule has 0 bridgehead atoms. The molecule has 7 nitrogen and oxygen atoms in total. The maximum atomic E-state index is 13.2. The first-order chi connectivity index (χ1) is 17.5. The highest BCUT2D eigenvalue weighted by Crippen LogP contribution is 2.32. The summed E-state index contributed by atoms with van der Waals surface area (Å²) in [6.07, 6.45) is 6.06. The van der Waals surface area contributed by atoms with Crippen molar-refractivity contribution in [2.45, 2.75) is 44.6 Å². The van der Waals surface area contributed by atoms with Gasteiger partial charge in [0.15, 0.2) is 0 Å². The lowest BCUT2D eigenvalue weighted by Crippen LogP contribution is -2.49. The van der Waals surface area contributed by atoms with Gasteiger partial charge in [0.05, 0.1) is 11.3 Å². The molecule has 1 atom stereocenters. The largest absolute Gasteiger partial charge is 0.351 e. The molecule has 0 saturated carbocycles. The Bertz CT molecular complexity index is 1110. The standard InChI is InChI=1S/C29H36N4O3/c1-31-26-20-23(10-11-24(26)28(35)33-15-6-5-9-25(33)29(31)36)27(34)30-14-18-32-16-12-22(13-17-32)19-21-7-3-2-4-8-21/h2-4,7-8,10-11,20,22,25H,5-6,9,12-19H2,1H3,(H,30,34)/t25-/m1/s1. The van der Waals surface area contributed by atoms with Crippen LogP contribution >= 0.6 is 0 Å². The van der Waals surface area contributed by atoms with Gasteiger partial charge >= 0.3 is 0 Å². The number of rotatable bonds is 6. The van der Waals surface area contributed by atoms with Crippen LogP contribution in [0.2, 0.25) is 0 Å². The molecule has 2 fully saturated rings. The number of nitrogens with zero attached hydrogens (tertiary/aromatic N) is 3. The van der Waals surface area contributed by atoms with Gasteiger partial charge in [-0.25, -0.2) is 0 Å². The zero-order valence-corrected chi connectivity index (χ0v) is 21.1. The lowest BCUT2D eigenvalue weighted by molar-refractivity contribution is -0.123. The first-order valence-electron chi connectivity index (χ1n) is 13.3. The second-order valence-corrected chi connectivity index (χ2v) is 10.4. The van der Waals surface area contributed by atoms with E-state index in [1.807, 2.05) is 0 Å². The number of hydrogen-bond donors (Lipinski definition) is 1. The molecule has 0 unspecified atom stereocenters. The zero-order chi connectivity index (χ0) is 25.1. The maximum absolute atomic E-state index is 13.2. The van der Waals surface area contributed by atoms with Crippen LogP contribution in [-0.2, 0) is 11.2 Å². The van der Waals surface area contributed by atoms with Crippen LogP contribution in [0.25, 0.3) is 0 Å². The van der Waals surface area contributed by atoms with Gasteiger partial charge in [0.1, 0.15) is 6.04 Å². The lowest BCUT2D eigenvalue weighted by atomic mass is 9.90. The zero-order valence-electron chi connectivity index (χ0n) is 21.1. The van der Waals surface area contributed by atoms with E-state index in [1.54, 1.807) is 35.0 Å². The minimum Gasteiger partial charge on any atom is -0.351 e. The molecular formula is C29H36N4O3. The Morgan fingerprint density at radius 2 is 1.75 bits per heavy atom. The second-order valence-electron chi connectivity index (χ2n) is 10.4. The molecule has 1 N–H and O–H groups in total. The van der Waals surface area contributed by atoms with Crippen molar-refractivity contribution in [3.8, 4) is 0 Å². The average molecular weight is 489 g/mol. The third-order valence-electron chi connectivity index (χ3n) is 8.02. The minimum atomic E-state index is -0.405. The van der Waals surface area contributed by atoms with Crippen LogP contribution in [0.4, 0.5) is 5.69 Å². The van der Waals surface area contributed by atoms with Crippen molar-refractivity contribution in [1.29, 1.82) is 0 Å². The van der Waals surface area contributed by atoms with E-state index < -0.39 is 6.04 Å². The van der Waals surface area contributed by atoms with Gasteiger partial charge in [0.25, 0.3) is 11.8 Å². The molecule has 0 radical (unpaired) electrons.